The van der Waals surface area contributed by atoms with Crippen LogP contribution in [0.3, 0.4) is 0 Å². The molecule has 1 unspecified atom stereocenters. The zero-order valence-electron chi connectivity index (χ0n) is 17.2. The lowest BCUT2D eigenvalue weighted by molar-refractivity contribution is -0.132. The first-order valence-corrected chi connectivity index (χ1v) is 9.83. The van der Waals surface area contributed by atoms with Crippen molar-refractivity contribution in [3.63, 3.8) is 0 Å². The summed E-state index contributed by atoms with van der Waals surface area (Å²) in [6.07, 6.45) is 0.00979. The molecule has 1 N–H and O–H groups in total. The van der Waals surface area contributed by atoms with Crippen molar-refractivity contribution in [1.82, 2.24) is 5.32 Å². The third kappa shape index (κ3) is 7.48. The van der Waals surface area contributed by atoms with E-state index < -0.39 is 6.10 Å². The first-order valence-electron chi connectivity index (χ1n) is 9.45. The molecule has 2 aromatic rings. The minimum atomic E-state index is -0.706. The van der Waals surface area contributed by atoms with Crippen LogP contribution in [0, 0.1) is 0 Å². The molecule has 0 radical (unpaired) electrons. The highest BCUT2D eigenvalue weighted by Crippen LogP contribution is 2.29. The van der Waals surface area contributed by atoms with Gasteiger partial charge in [0.15, 0.2) is 17.6 Å². The molecule has 1 atom stereocenters. The summed E-state index contributed by atoms with van der Waals surface area (Å²) in [7, 11) is 3.09. The highest BCUT2D eigenvalue weighted by molar-refractivity contribution is 6.30. The monoisotopic (exact) mass is 421 g/mol. The van der Waals surface area contributed by atoms with E-state index >= 15 is 0 Å². The molecule has 0 heterocycles. The van der Waals surface area contributed by atoms with Gasteiger partial charge in [-0.15, -0.1) is 0 Å². The summed E-state index contributed by atoms with van der Waals surface area (Å²) in [5, 5.41) is 3.50. The highest BCUT2D eigenvalue weighted by Gasteiger charge is 2.18. The van der Waals surface area contributed by atoms with Crippen LogP contribution >= 0.6 is 11.6 Å². The topological polar surface area (TPSA) is 66.0 Å². The molecule has 2 rings (SSSR count). The Morgan fingerprint density at radius 2 is 1.79 bits per heavy atom. The third-order valence-corrected chi connectivity index (χ3v) is 4.35. The number of benzene rings is 2. The summed E-state index contributed by atoms with van der Waals surface area (Å²) >= 11 is 5.85. The Morgan fingerprint density at radius 3 is 2.41 bits per heavy atom. The fourth-order valence-electron chi connectivity index (χ4n) is 2.62. The van der Waals surface area contributed by atoms with E-state index in [0.29, 0.717) is 35.2 Å². The van der Waals surface area contributed by atoms with E-state index in [0.717, 1.165) is 5.56 Å². The lowest BCUT2D eigenvalue weighted by Crippen LogP contribution is -2.40. The summed E-state index contributed by atoms with van der Waals surface area (Å²) in [4.78, 5) is 12.4. The Kier molecular flexibility index (Phi) is 9.09. The van der Waals surface area contributed by atoms with Gasteiger partial charge in [0, 0.05) is 18.7 Å². The number of carbonyl (C=O) groups excluding carboxylic acids is 1. The van der Waals surface area contributed by atoms with Crippen LogP contribution in [-0.4, -0.2) is 45.5 Å². The minimum Gasteiger partial charge on any atom is -0.493 e. The van der Waals surface area contributed by atoms with E-state index in [1.54, 1.807) is 31.4 Å². The molecule has 0 saturated heterocycles. The van der Waals surface area contributed by atoms with E-state index in [1.807, 2.05) is 32.0 Å². The van der Waals surface area contributed by atoms with Crippen molar-refractivity contribution in [3.05, 3.63) is 53.1 Å². The molecule has 6 nitrogen and oxygen atoms in total. The summed E-state index contributed by atoms with van der Waals surface area (Å²) in [5.74, 6) is 1.77. The van der Waals surface area contributed by atoms with Crippen LogP contribution in [0.25, 0.3) is 0 Å². The van der Waals surface area contributed by atoms with Gasteiger partial charge in [-0.1, -0.05) is 17.7 Å². The molecule has 0 aliphatic heterocycles. The number of nitrogens with one attached hydrogen (secondary N) is 1. The highest BCUT2D eigenvalue weighted by atomic mass is 35.5. The van der Waals surface area contributed by atoms with Crippen molar-refractivity contribution in [3.8, 4) is 17.2 Å². The Balaban J connectivity index is 1.83. The summed E-state index contributed by atoms with van der Waals surface area (Å²) in [6.45, 7) is 4.50. The third-order valence-electron chi connectivity index (χ3n) is 4.10. The maximum absolute atomic E-state index is 12.4. The van der Waals surface area contributed by atoms with Gasteiger partial charge in [0.25, 0.3) is 5.91 Å². The molecular weight excluding hydrogens is 394 g/mol. The predicted octanol–water partition coefficient (Wildman–Crippen LogP) is 3.89. The van der Waals surface area contributed by atoms with Gasteiger partial charge in [-0.25, -0.2) is 0 Å². The summed E-state index contributed by atoms with van der Waals surface area (Å²) in [5.41, 5.74) is 1.03. The van der Waals surface area contributed by atoms with Crippen molar-refractivity contribution in [1.29, 1.82) is 0 Å². The number of halogens is 1. The number of methoxy groups -OCH3 is 2. The molecular formula is C22H28ClNO5. The SMILES string of the molecule is COc1cc(CCNC(=O)C(COc2ccc(Cl)cc2)OC)ccc1OC(C)C. The molecule has 7 heteroatoms. The molecule has 0 fully saturated rings. The molecule has 0 bridgehead atoms. The molecule has 2 aromatic carbocycles. The molecule has 0 aromatic heterocycles. The standard InChI is InChI=1S/C22H28ClNO5/c1-15(2)29-19-10-5-16(13-20(19)26-3)11-12-24-22(25)21(27-4)14-28-18-8-6-17(23)7-9-18/h5-10,13,15,21H,11-12,14H2,1-4H3,(H,24,25). The summed E-state index contributed by atoms with van der Waals surface area (Å²) < 4.78 is 22.0. The number of hydrogen-bond acceptors (Lipinski definition) is 5. The normalized spacial score (nSPS) is 11.8. The van der Waals surface area contributed by atoms with Crippen LogP contribution in [-0.2, 0) is 16.0 Å². The van der Waals surface area contributed by atoms with Crippen molar-refractivity contribution >= 4 is 17.5 Å². The Labute approximate surface area is 177 Å². The lowest BCUT2D eigenvalue weighted by atomic mass is 10.1. The maximum atomic E-state index is 12.4. The lowest BCUT2D eigenvalue weighted by Gasteiger charge is -2.17. The molecule has 1 amide bonds. The Hall–Kier alpha value is -2.44. The van der Waals surface area contributed by atoms with E-state index in [9.17, 15) is 4.79 Å². The van der Waals surface area contributed by atoms with Crippen LogP contribution < -0.4 is 19.5 Å². The Morgan fingerprint density at radius 1 is 1.07 bits per heavy atom. The van der Waals surface area contributed by atoms with Crippen LogP contribution in [0.2, 0.25) is 5.02 Å². The van der Waals surface area contributed by atoms with Crippen molar-refractivity contribution < 1.29 is 23.7 Å². The van der Waals surface area contributed by atoms with Gasteiger partial charge < -0.3 is 24.3 Å². The predicted molar refractivity (Wildman–Crippen MR) is 113 cm³/mol. The van der Waals surface area contributed by atoms with Crippen LogP contribution in [0.1, 0.15) is 19.4 Å². The average molecular weight is 422 g/mol. The molecule has 0 spiro atoms. The second-order valence-electron chi connectivity index (χ2n) is 6.68. The van der Waals surface area contributed by atoms with Gasteiger partial charge in [0.05, 0.1) is 13.2 Å². The van der Waals surface area contributed by atoms with E-state index in [-0.39, 0.29) is 18.6 Å². The molecule has 29 heavy (non-hydrogen) atoms. The van der Waals surface area contributed by atoms with Crippen LogP contribution in [0.15, 0.2) is 42.5 Å². The minimum absolute atomic E-state index is 0.0649. The molecule has 0 aliphatic rings. The first kappa shape index (κ1) is 22.8. The van der Waals surface area contributed by atoms with Crippen molar-refractivity contribution in [2.24, 2.45) is 0 Å². The second-order valence-corrected chi connectivity index (χ2v) is 7.12. The van der Waals surface area contributed by atoms with E-state index in [1.165, 1.54) is 7.11 Å². The summed E-state index contributed by atoms with van der Waals surface area (Å²) in [6, 6.07) is 12.7. The number of carbonyl (C=O) groups is 1. The zero-order chi connectivity index (χ0) is 21.2. The van der Waals surface area contributed by atoms with Gasteiger partial charge in [0.2, 0.25) is 0 Å². The van der Waals surface area contributed by atoms with Gasteiger partial charge in [-0.05, 0) is 62.2 Å². The van der Waals surface area contributed by atoms with Gasteiger partial charge >= 0.3 is 0 Å². The van der Waals surface area contributed by atoms with Crippen molar-refractivity contribution in [2.45, 2.75) is 32.5 Å². The van der Waals surface area contributed by atoms with Crippen LogP contribution in [0.4, 0.5) is 0 Å². The molecule has 158 valence electrons. The number of amides is 1. The van der Waals surface area contributed by atoms with Crippen molar-refractivity contribution in [2.75, 3.05) is 27.4 Å². The largest absolute Gasteiger partial charge is 0.493 e. The second kappa shape index (κ2) is 11.5. The fourth-order valence-corrected chi connectivity index (χ4v) is 2.74. The number of rotatable bonds is 11. The van der Waals surface area contributed by atoms with Crippen LogP contribution in [0.5, 0.6) is 17.2 Å². The maximum Gasteiger partial charge on any atom is 0.252 e. The van der Waals surface area contributed by atoms with Gasteiger partial charge in [-0.3, -0.25) is 4.79 Å². The fraction of sp³-hybridized carbons (Fsp3) is 0.409. The number of ether oxygens (including phenoxy) is 4. The quantitative estimate of drug-likeness (QED) is 0.596. The molecule has 0 aliphatic carbocycles. The average Bonchev–Trinajstić information content (AvgIpc) is 2.70. The molecule has 0 saturated carbocycles. The zero-order valence-corrected chi connectivity index (χ0v) is 18.0. The van der Waals surface area contributed by atoms with Gasteiger partial charge in [0.1, 0.15) is 12.4 Å². The van der Waals surface area contributed by atoms with E-state index in [2.05, 4.69) is 5.32 Å². The smallest absolute Gasteiger partial charge is 0.252 e. The van der Waals surface area contributed by atoms with E-state index in [4.69, 9.17) is 30.5 Å². The first-order chi connectivity index (χ1) is 13.9. The Bertz CT molecular complexity index is 779. The van der Waals surface area contributed by atoms with Gasteiger partial charge in [-0.2, -0.15) is 0 Å². The number of hydrogen-bond donors (Lipinski definition) is 1.